The molecule has 0 saturated carbocycles. The van der Waals surface area contributed by atoms with Gasteiger partial charge in [0, 0.05) is 5.39 Å². The lowest BCUT2D eigenvalue weighted by Gasteiger charge is -2.17. The molecule has 0 unspecified atom stereocenters. The highest BCUT2D eigenvalue weighted by atomic mass is 19.4. The zero-order chi connectivity index (χ0) is 14.8. The molecule has 0 spiro atoms. The lowest BCUT2D eigenvalue weighted by Crippen LogP contribution is -2.28. The fraction of sp³-hybridized carbons (Fsp3) is 0.333. The molecule has 2 rings (SSSR count). The van der Waals surface area contributed by atoms with Crippen molar-refractivity contribution >= 4 is 10.8 Å². The maximum absolute atomic E-state index is 12.6. The van der Waals surface area contributed by atoms with Crippen molar-refractivity contribution < 1.29 is 17.9 Å². The summed E-state index contributed by atoms with van der Waals surface area (Å²) < 4.78 is 43.5. The van der Waals surface area contributed by atoms with Gasteiger partial charge in [0.15, 0.2) is 0 Å². The fourth-order valence-electron chi connectivity index (χ4n) is 1.99. The van der Waals surface area contributed by atoms with Crippen LogP contribution in [0.3, 0.4) is 0 Å². The predicted octanol–water partition coefficient (Wildman–Crippen LogP) is 4.19. The number of rotatable bonds is 4. The van der Waals surface area contributed by atoms with Crippen LogP contribution in [-0.2, 0) is 0 Å². The Morgan fingerprint density at radius 2 is 1.95 bits per heavy atom. The summed E-state index contributed by atoms with van der Waals surface area (Å²) >= 11 is 0. The molecule has 2 nitrogen and oxygen atoms in total. The van der Waals surface area contributed by atoms with Gasteiger partial charge in [0.25, 0.3) is 0 Å². The molecule has 0 aliphatic heterocycles. The number of hydrogen-bond donors (Lipinski definition) is 1. The van der Waals surface area contributed by atoms with Crippen LogP contribution in [-0.4, -0.2) is 12.8 Å². The summed E-state index contributed by atoms with van der Waals surface area (Å²) in [5.74, 6) is 0.677. The monoisotopic (exact) mass is 283 g/mol. The second kappa shape index (κ2) is 5.71. The van der Waals surface area contributed by atoms with E-state index in [-0.39, 0.29) is 5.56 Å². The van der Waals surface area contributed by atoms with E-state index in [1.165, 1.54) is 12.1 Å². The quantitative estimate of drug-likeness (QED) is 0.913. The predicted molar refractivity (Wildman–Crippen MR) is 72.7 cm³/mol. The maximum Gasteiger partial charge on any atom is 0.407 e. The summed E-state index contributed by atoms with van der Waals surface area (Å²) in [4.78, 5) is 0. The molecule has 2 N–H and O–H groups in total. The molecule has 0 radical (unpaired) electrons. The topological polar surface area (TPSA) is 35.2 Å². The summed E-state index contributed by atoms with van der Waals surface area (Å²) in [5.41, 5.74) is 5.28. The summed E-state index contributed by atoms with van der Waals surface area (Å²) in [6.45, 7) is 2.56. The first-order valence-corrected chi connectivity index (χ1v) is 6.41. The second-order valence-electron chi connectivity index (χ2n) is 4.60. The first-order valence-electron chi connectivity index (χ1n) is 6.41. The van der Waals surface area contributed by atoms with Crippen molar-refractivity contribution in [3.05, 3.63) is 42.0 Å². The molecule has 0 aliphatic carbocycles. The van der Waals surface area contributed by atoms with Crippen molar-refractivity contribution in [1.82, 2.24) is 0 Å². The third-order valence-corrected chi connectivity index (χ3v) is 3.04. The SMILES string of the molecule is CCCOc1cccc2cc([C@H](N)C(F)(F)F)ccc12. The van der Waals surface area contributed by atoms with Crippen LogP contribution in [0.2, 0.25) is 0 Å². The van der Waals surface area contributed by atoms with Crippen molar-refractivity contribution in [3.8, 4) is 5.75 Å². The minimum atomic E-state index is -4.44. The van der Waals surface area contributed by atoms with Crippen LogP contribution in [0.5, 0.6) is 5.75 Å². The van der Waals surface area contributed by atoms with Crippen molar-refractivity contribution in [2.75, 3.05) is 6.61 Å². The lowest BCUT2D eigenvalue weighted by molar-refractivity contribution is -0.149. The van der Waals surface area contributed by atoms with Gasteiger partial charge in [-0.15, -0.1) is 0 Å². The van der Waals surface area contributed by atoms with E-state index in [0.717, 1.165) is 11.8 Å². The molecular formula is C15H16F3NO. The highest BCUT2D eigenvalue weighted by Gasteiger charge is 2.37. The van der Waals surface area contributed by atoms with Crippen molar-refractivity contribution in [3.63, 3.8) is 0 Å². The maximum atomic E-state index is 12.6. The molecule has 0 saturated heterocycles. The standard InChI is InChI=1S/C15H16F3NO/c1-2-8-20-13-5-3-4-10-9-11(6-7-12(10)13)14(19)15(16,17)18/h3-7,9,14H,2,8,19H2,1H3/t14-/m0/s1. The number of alkyl halides is 3. The summed E-state index contributed by atoms with van der Waals surface area (Å²) in [6.07, 6.45) is -3.57. The fourth-order valence-corrected chi connectivity index (χ4v) is 1.99. The molecule has 0 bridgehead atoms. The van der Waals surface area contributed by atoms with Gasteiger partial charge in [-0.2, -0.15) is 13.2 Å². The summed E-state index contributed by atoms with van der Waals surface area (Å²) in [5, 5.41) is 1.48. The van der Waals surface area contributed by atoms with Crippen molar-refractivity contribution in [1.29, 1.82) is 0 Å². The highest BCUT2D eigenvalue weighted by Crippen LogP contribution is 2.33. The average Bonchev–Trinajstić information content (AvgIpc) is 2.42. The Morgan fingerprint density at radius 3 is 2.60 bits per heavy atom. The number of halogens is 3. The van der Waals surface area contributed by atoms with Gasteiger partial charge in [0.2, 0.25) is 0 Å². The first kappa shape index (κ1) is 14.7. The Kier molecular flexibility index (Phi) is 4.18. The van der Waals surface area contributed by atoms with Gasteiger partial charge in [-0.1, -0.05) is 31.2 Å². The molecule has 2 aromatic carbocycles. The molecule has 0 aliphatic rings. The molecule has 5 heteroatoms. The largest absolute Gasteiger partial charge is 0.493 e. The minimum Gasteiger partial charge on any atom is -0.493 e. The van der Waals surface area contributed by atoms with Crippen LogP contribution in [0.1, 0.15) is 24.9 Å². The van der Waals surface area contributed by atoms with Gasteiger partial charge in [0.05, 0.1) is 6.61 Å². The number of nitrogens with two attached hydrogens (primary N) is 1. The van der Waals surface area contributed by atoms with E-state index in [1.807, 2.05) is 6.92 Å². The molecule has 0 aromatic heterocycles. The molecule has 108 valence electrons. The second-order valence-corrected chi connectivity index (χ2v) is 4.60. The third kappa shape index (κ3) is 3.04. The number of fused-ring (bicyclic) bond motifs is 1. The lowest BCUT2D eigenvalue weighted by atomic mass is 10.0. The van der Waals surface area contributed by atoms with E-state index in [9.17, 15) is 13.2 Å². The van der Waals surface area contributed by atoms with E-state index < -0.39 is 12.2 Å². The van der Waals surface area contributed by atoms with Gasteiger partial charge < -0.3 is 10.5 Å². The van der Waals surface area contributed by atoms with Gasteiger partial charge in [-0.25, -0.2) is 0 Å². The number of ether oxygens (including phenoxy) is 1. The van der Waals surface area contributed by atoms with Crippen LogP contribution in [0.15, 0.2) is 36.4 Å². The zero-order valence-corrected chi connectivity index (χ0v) is 11.1. The molecular weight excluding hydrogens is 267 g/mol. The van der Waals surface area contributed by atoms with E-state index in [1.54, 1.807) is 24.3 Å². The van der Waals surface area contributed by atoms with Crippen LogP contribution in [0.4, 0.5) is 13.2 Å². The Bertz CT molecular complexity index is 595. The normalized spacial score (nSPS) is 13.4. The summed E-state index contributed by atoms with van der Waals surface area (Å²) in [7, 11) is 0. The van der Waals surface area contributed by atoms with Crippen LogP contribution < -0.4 is 10.5 Å². The molecule has 2 aromatic rings. The average molecular weight is 283 g/mol. The van der Waals surface area contributed by atoms with Gasteiger partial charge in [-0.05, 0) is 29.5 Å². The molecule has 0 heterocycles. The molecule has 0 fully saturated rings. The first-order chi connectivity index (χ1) is 9.43. The van der Waals surface area contributed by atoms with E-state index in [4.69, 9.17) is 10.5 Å². The van der Waals surface area contributed by atoms with Crippen LogP contribution in [0.25, 0.3) is 10.8 Å². The minimum absolute atomic E-state index is 0.0534. The Labute approximate surface area is 115 Å². The number of benzene rings is 2. The van der Waals surface area contributed by atoms with E-state index >= 15 is 0 Å². The van der Waals surface area contributed by atoms with Gasteiger partial charge >= 0.3 is 6.18 Å². The number of hydrogen-bond acceptors (Lipinski definition) is 2. The van der Waals surface area contributed by atoms with Crippen LogP contribution in [0, 0.1) is 0 Å². The third-order valence-electron chi connectivity index (χ3n) is 3.04. The molecule has 1 atom stereocenters. The van der Waals surface area contributed by atoms with Crippen molar-refractivity contribution in [2.45, 2.75) is 25.6 Å². The van der Waals surface area contributed by atoms with E-state index in [2.05, 4.69) is 0 Å². The molecule has 20 heavy (non-hydrogen) atoms. The van der Waals surface area contributed by atoms with Crippen molar-refractivity contribution in [2.24, 2.45) is 5.73 Å². The highest BCUT2D eigenvalue weighted by molar-refractivity contribution is 5.88. The van der Waals surface area contributed by atoms with Gasteiger partial charge in [-0.3, -0.25) is 0 Å². The van der Waals surface area contributed by atoms with Crippen LogP contribution >= 0.6 is 0 Å². The zero-order valence-electron chi connectivity index (χ0n) is 11.1. The summed E-state index contributed by atoms with van der Waals surface area (Å²) in [6, 6.07) is 7.85. The Balaban J connectivity index is 2.41. The smallest absolute Gasteiger partial charge is 0.407 e. The van der Waals surface area contributed by atoms with E-state index in [0.29, 0.717) is 17.7 Å². The van der Waals surface area contributed by atoms with Gasteiger partial charge in [0.1, 0.15) is 11.8 Å². The Hall–Kier alpha value is -1.75. The Morgan fingerprint density at radius 1 is 1.20 bits per heavy atom. The molecule has 0 amide bonds.